The topological polar surface area (TPSA) is 122 Å². The van der Waals surface area contributed by atoms with Crippen molar-refractivity contribution in [1.29, 1.82) is 0 Å². The van der Waals surface area contributed by atoms with Gasteiger partial charge < -0.3 is 23.7 Å². The minimum atomic E-state index is -0.591. The fraction of sp³-hybridized carbons (Fsp3) is 0.327. The molecule has 0 amide bonds. The Morgan fingerprint density at radius 2 is 0.780 bits per heavy atom. The third-order valence-corrected chi connectivity index (χ3v) is 9.37. The van der Waals surface area contributed by atoms with E-state index >= 15 is 0 Å². The molecule has 0 saturated carbocycles. The molecule has 0 spiro atoms. The predicted octanol–water partition coefficient (Wildman–Crippen LogP) is 13.2. The van der Waals surface area contributed by atoms with Crippen molar-refractivity contribution in [3.63, 3.8) is 0 Å². The van der Waals surface area contributed by atoms with Crippen molar-refractivity contribution in [3.8, 4) is 28.7 Å². The largest absolute Gasteiger partial charge is 0.494 e. The van der Waals surface area contributed by atoms with E-state index in [9.17, 15) is 14.4 Å². The number of carbonyl (C=O) groups is 3. The summed E-state index contributed by atoms with van der Waals surface area (Å²) in [6, 6.07) is 33.1. The molecule has 10 nitrogen and oxygen atoms in total. The molecule has 0 heterocycles. The highest BCUT2D eigenvalue weighted by molar-refractivity contribution is 5.93. The van der Waals surface area contributed by atoms with Gasteiger partial charge in [0, 0.05) is 6.07 Å². The summed E-state index contributed by atoms with van der Waals surface area (Å²) in [6.07, 6.45) is 14.7. The normalized spacial score (nSPS) is 10.9. The van der Waals surface area contributed by atoms with Crippen LogP contribution in [0.5, 0.6) is 28.7 Å². The molecule has 0 atom stereocenters. The summed E-state index contributed by atoms with van der Waals surface area (Å²) in [6.45, 7) is 5.63. The average Bonchev–Trinajstić information content (AvgIpc) is 3.26. The maximum Gasteiger partial charge on any atom is 0.343 e. The zero-order valence-electron chi connectivity index (χ0n) is 34.1. The van der Waals surface area contributed by atoms with Crippen molar-refractivity contribution in [2.24, 2.45) is 10.2 Å². The Hall–Kier alpha value is -6.29. The van der Waals surface area contributed by atoms with Crippen molar-refractivity contribution in [2.45, 2.75) is 90.9 Å². The van der Waals surface area contributed by atoms with Crippen LogP contribution in [0.1, 0.15) is 122 Å². The zero-order valence-corrected chi connectivity index (χ0v) is 34.1. The van der Waals surface area contributed by atoms with Gasteiger partial charge in [-0.25, -0.2) is 14.4 Å². The second-order valence-electron chi connectivity index (χ2n) is 14.2. The summed E-state index contributed by atoms with van der Waals surface area (Å²) in [4.78, 5) is 38.3. The number of benzene rings is 5. The SMILES string of the molecule is CCCCCCCCCCCCOc1ccc(C(=O)Oc2ccc(C(=O)Oc3cccc(N=Nc4ccc(OC(=O)c5ccc(OCCCC)cc5)cc4)c3)cc2)cc1. The molecular formula is C49H54N2O8. The molecular weight excluding hydrogens is 745 g/mol. The molecule has 0 aliphatic heterocycles. The lowest BCUT2D eigenvalue weighted by Crippen LogP contribution is -2.10. The molecule has 0 unspecified atom stereocenters. The first-order chi connectivity index (χ1) is 28.9. The van der Waals surface area contributed by atoms with Gasteiger partial charge in [0.15, 0.2) is 0 Å². The van der Waals surface area contributed by atoms with E-state index in [-0.39, 0.29) is 11.3 Å². The van der Waals surface area contributed by atoms with Crippen molar-refractivity contribution in [1.82, 2.24) is 0 Å². The molecule has 0 saturated heterocycles. The van der Waals surface area contributed by atoms with Gasteiger partial charge in [0.2, 0.25) is 0 Å². The molecule has 0 fully saturated rings. The number of azo groups is 1. The lowest BCUT2D eigenvalue weighted by atomic mass is 10.1. The van der Waals surface area contributed by atoms with Crippen LogP contribution in [0.2, 0.25) is 0 Å². The van der Waals surface area contributed by atoms with Crippen LogP contribution < -0.4 is 23.7 Å². The van der Waals surface area contributed by atoms with Gasteiger partial charge in [-0.3, -0.25) is 0 Å². The molecule has 0 aromatic heterocycles. The second-order valence-corrected chi connectivity index (χ2v) is 14.2. The highest BCUT2D eigenvalue weighted by Gasteiger charge is 2.13. The van der Waals surface area contributed by atoms with Gasteiger partial charge in [-0.05, 0) is 122 Å². The van der Waals surface area contributed by atoms with Crippen LogP contribution in [0.25, 0.3) is 0 Å². The van der Waals surface area contributed by atoms with Gasteiger partial charge in [-0.1, -0.05) is 84.1 Å². The number of unbranched alkanes of at least 4 members (excludes halogenated alkanes) is 10. The van der Waals surface area contributed by atoms with Crippen LogP contribution in [-0.4, -0.2) is 31.1 Å². The fourth-order valence-corrected chi connectivity index (χ4v) is 5.95. The molecule has 0 N–H and O–H groups in total. The van der Waals surface area contributed by atoms with Gasteiger partial charge in [0.05, 0.1) is 41.3 Å². The van der Waals surface area contributed by atoms with Crippen molar-refractivity contribution in [3.05, 3.63) is 138 Å². The van der Waals surface area contributed by atoms with E-state index in [1.54, 1.807) is 97.1 Å². The smallest absolute Gasteiger partial charge is 0.343 e. The molecule has 0 aliphatic rings. The van der Waals surface area contributed by atoms with Gasteiger partial charge in [0.1, 0.15) is 28.7 Å². The van der Waals surface area contributed by atoms with Crippen molar-refractivity contribution < 1.29 is 38.1 Å². The lowest BCUT2D eigenvalue weighted by molar-refractivity contribution is 0.0723. The number of nitrogens with zero attached hydrogens (tertiary/aromatic N) is 2. The maximum absolute atomic E-state index is 12.9. The second kappa shape index (κ2) is 24.5. The summed E-state index contributed by atoms with van der Waals surface area (Å²) in [7, 11) is 0. The van der Waals surface area contributed by atoms with E-state index in [0.717, 1.165) is 25.7 Å². The Kier molecular flexibility index (Phi) is 18.2. The first-order valence-electron chi connectivity index (χ1n) is 20.7. The summed E-state index contributed by atoms with van der Waals surface area (Å²) in [5.41, 5.74) is 2.06. The van der Waals surface area contributed by atoms with E-state index < -0.39 is 17.9 Å². The highest BCUT2D eigenvalue weighted by atomic mass is 16.5. The van der Waals surface area contributed by atoms with Gasteiger partial charge in [0.25, 0.3) is 0 Å². The van der Waals surface area contributed by atoms with E-state index in [1.807, 2.05) is 0 Å². The van der Waals surface area contributed by atoms with Crippen LogP contribution in [0.15, 0.2) is 132 Å². The Morgan fingerprint density at radius 1 is 0.390 bits per heavy atom. The summed E-state index contributed by atoms with van der Waals surface area (Å²) in [5.74, 6) is 0.764. The number of rotatable bonds is 24. The Morgan fingerprint density at radius 3 is 1.27 bits per heavy atom. The molecule has 0 bridgehead atoms. The van der Waals surface area contributed by atoms with Crippen LogP contribution in [0.4, 0.5) is 11.4 Å². The number of hydrogen-bond acceptors (Lipinski definition) is 10. The average molecular weight is 799 g/mol. The van der Waals surface area contributed by atoms with Crippen molar-refractivity contribution in [2.75, 3.05) is 13.2 Å². The minimum absolute atomic E-state index is 0.273. The zero-order chi connectivity index (χ0) is 41.5. The molecule has 5 aromatic carbocycles. The fourth-order valence-electron chi connectivity index (χ4n) is 5.95. The standard InChI is InChI=1S/C49H54N2O8/c1-3-5-7-8-9-10-11-12-13-14-35-56-43-28-20-37(21-29-43)47(52)57-44-30-22-39(23-31-44)49(54)59-46-17-15-16-41(36-46)51-50-40-24-32-45(33-25-40)58-48(53)38-18-26-42(27-19-38)55-34-6-4-2/h15-33,36H,3-14,34-35H2,1-2H3. The van der Waals surface area contributed by atoms with Gasteiger partial charge in [-0.15, -0.1) is 0 Å². The molecule has 5 aromatic rings. The molecule has 0 aliphatic carbocycles. The van der Waals surface area contributed by atoms with E-state index in [0.29, 0.717) is 58.7 Å². The molecule has 10 heteroatoms. The van der Waals surface area contributed by atoms with Crippen LogP contribution >= 0.6 is 0 Å². The van der Waals surface area contributed by atoms with E-state index in [1.165, 1.54) is 75.6 Å². The monoisotopic (exact) mass is 798 g/mol. The maximum atomic E-state index is 12.9. The summed E-state index contributed by atoms with van der Waals surface area (Å²) in [5, 5.41) is 8.50. The molecule has 5 rings (SSSR count). The Bertz CT molecular complexity index is 2060. The van der Waals surface area contributed by atoms with Crippen LogP contribution in [0, 0.1) is 0 Å². The van der Waals surface area contributed by atoms with Crippen LogP contribution in [-0.2, 0) is 0 Å². The van der Waals surface area contributed by atoms with Gasteiger partial charge in [-0.2, -0.15) is 10.2 Å². The molecule has 59 heavy (non-hydrogen) atoms. The van der Waals surface area contributed by atoms with Gasteiger partial charge >= 0.3 is 17.9 Å². The number of carbonyl (C=O) groups excluding carboxylic acids is 3. The first-order valence-corrected chi connectivity index (χ1v) is 20.7. The lowest BCUT2D eigenvalue weighted by Gasteiger charge is -2.08. The summed E-state index contributed by atoms with van der Waals surface area (Å²) >= 11 is 0. The minimum Gasteiger partial charge on any atom is -0.494 e. The Balaban J connectivity index is 1.02. The number of hydrogen-bond donors (Lipinski definition) is 0. The first kappa shape index (κ1) is 43.8. The van der Waals surface area contributed by atoms with Crippen LogP contribution in [0.3, 0.4) is 0 Å². The Labute approximate surface area is 347 Å². The van der Waals surface area contributed by atoms with E-state index in [2.05, 4.69) is 24.1 Å². The molecule has 308 valence electrons. The third-order valence-electron chi connectivity index (χ3n) is 9.37. The number of ether oxygens (including phenoxy) is 5. The quantitative estimate of drug-likeness (QED) is 0.0262. The predicted molar refractivity (Wildman–Crippen MR) is 229 cm³/mol. The number of esters is 3. The van der Waals surface area contributed by atoms with E-state index in [4.69, 9.17) is 23.7 Å². The molecule has 0 radical (unpaired) electrons. The highest BCUT2D eigenvalue weighted by Crippen LogP contribution is 2.26. The van der Waals surface area contributed by atoms with Crippen molar-refractivity contribution >= 4 is 29.3 Å². The third kappa shape index (κ3) is 15.5. The summed E-state index contributed by atoms with van der Waals surface area (Å²) < 4.78 is 28.1.